The quantitative estimate of drug-likeness (QED) is 0.687. The van der Waals surface area contributed by atoms with Gasteiger partial charge in [-0.2, -0.15) is 0 Å². The highest BCUT2D eigenvalue weighted by atomic mass is 15.0. The van der Waals surface area contributed by atoms with Crippen molar-refractivity contribution in [3.8, 4) is 0 Å². The number of nitrogens with one attached hydrogen (secondary N) is 1. The smallest absolute Gasteiger partial charge is 0.0488 e. The Morgan fingerprint density at radius 1 is 1.04 bits per heavy atom. The fourth-order valence-corrected chi connectivity index (χ4v) is 4.23. The topological polar surface area (TPSA) is 15.3 Å². The SMILES string of the molecule is Cc1cc(C)c(NC(C)c2ccccc2C2C=CC=C2CN(C)C)c(C)c1. The van der Waals surface area contributed by atoms with Gasteiger partial charge in [-0.15, -0.1) is 0 Å². The molecule has 2 nitrogen and oxygen atoms in total. The predicted molar refractivity (Wildman–Crippen MR) is 118 cm³/mol. The van der Waals surface area contributed by atoms with E-state index in [0.29, 0.717) is 5.92 Å². The molecule has 1 aliphatic carbocycles. The van der Waals surface area contributed by atoms with Crippen LogP contribution in [0.4, 0.5) is 5.69 Å². The Hall–Kier alpha value is -2.32. The lowest BCUT2D eigenvalue weighted by atomic mass is 9.87. The summed E-state index contributed by atoms with van der Waals surface area (Å²) < 4.78 is 0. The third kappa shape index (κ3) is 4.33. The van der Waals surface area contributed by atoms with Gasteiger partial charge < -0.3 is 10.2 Å². The monoisotopic (exact) mass is 360 g/mol. The van der Waals surface area contributed by atoms with Crippen LogP contribution in [-0.4, -0.2) is 25.5 Å². The number of likely N-dealkylation sites (N-methyl/N-ethyl adjacent to an activating group) is 1. The van der Waals surface area contributed by atoms with Crippen LogP contribution in [0.5, 0.6) is 0 Å². The van der Waals surface area contributed by atoms with E-state index >= 15 is 0 Å². The zero-order valence-electron chi connectivity index (χ0n) is 17.5. The fraction of sp³-hybridized carbons (Fsp3) is 0.360. The van der Waals surface area contributed by atoms with Gasteiger partial charge in [0.05, 0.1) is 0 Å². The number of aryl methyl sites for hydroxylation is 3. The second-order valence-corrected chi connectivity index (χ2v) is 8.11. The first kappa shape index (κ1) is 19.4. The molecule has 142 valence electrons. The summed E-state index contributed by atoms with van der Waals surface area (Å²) in [4.78, 5) is 2.25. The molecule has 0 heterocycles. The number of allylic oxidation sites excluding steroid dienone is 3. The standard InChI is InChI=1S/C25H32N2/c1-17-14-18(2)25(19(3)15-17)26-20(4)22-11-7-8-12-24(22)23-13-9-10-21(23)16-27(5)6/h7-15,20,23,26H,16H2,1-6H3. The number of hydrogen-bond donors (Lipinski definition) is 1. The molecule has 2 aromatic rings. The molecule has 2 atom stereocenters. The van der Waals surface area contributed by atoms with Crippen molar-refractivity contribution in [2.75, 3.05) is 26.0 Å². The van der Waals surface area contributed by atoms with Crippen LogP contribution in [0.3, 0.4) is 0 Å². The van der Waals surface area contributed by atoms with Gasteiger partial charge in [-0.25, -0.2) is 0 Å². The first-order chi connectivity index (χ1) is 12.9. The van der Waals surface area contributed by atoms with Crippen LogP contribution in [0.15, 0.2) is 60.2 Å². The predicted octanol–water partition coefficient (Wildman–Crippen LogP) is 5.93. The van der Waals surface area contributed by atoms with E-state index in [1.165, 1.54) is 39.1 Å². The number of benzene rings is 2. The van der Waals surface area contributed by atoms with E-state index in [2.05, 4.69) is 107 Å². The van der Waals surface area contributed by atoms with E-state index in [4.69, 9.17) is 0 Å². The van der Waals surface area contributed by atoms with Gasteiger partial charge >= 0.3 is 0 Å². The zero-order chi connectivity index (χ0) is 19.6. The highest BCUT2D eigenvalue weighted by molar-refractivity contribution is 5.60. The largest absolute Gasteiger partial charge is 0.378 e. The molecule has 0 bridgehead atoms. The van der Waals surface area contributed by atoms with Crippen molar-refractivity contribution >= 4 is 5.69 Å². The molecule has 0 amide bonds. The minimum Gasteiger partial charge on any atom is -0.378 e. The van der Waals surface area contributed by atoms with E-state index in [9.17, 15) is 0 Å². The number of anilines is 1. The molecule has 2 heteroatoms. The van der Waals surface area contributed by atoms with Gasteiger partial charge in [-0.05, 0) is 69.6 Å². The lowest BCUT2D eigenvalue weighted by molar-refractivity contribution is 0.439. The number of rotatable bonds is 6. The van der Waals surface area contributed by atoms with Crippen LogP contribution in [0, 0.1) is 20.8 Å². The molecule has 0 radical (unpaired) electrons. The maximum Gasteiger partial charge on any atom is 0.0488 e. The maximum atomic E-state index is 3.79. The van der Waals surface area contributed by atoms with Gasteiger partial charge in [0.1, 0.15) is 0 Å². The first-order valence-corrected chi connectivity index (χ1v) is 9.82. The van der Waals surface area contributed by atoms with Gasteiger partial charge in [0.15, 0.2) is 0 Å². The van der Waals surface area contributed by atoms with Crippen LogP contribution < -0.4 is 5.32 Å². The van der Waals surface area contributed by atoms with Crippen LogP contribution in [0.25, 0.3) is 0 Å². The lowest BCUT2D eigenvalue weighted by Crippen LogP contribution is -2.19. The molecule has 0 spiro atoms. The molecule has 0 aliphatic heterocycles. The van der Waals surface area contributed by atoms with Crippen LogP contribution >= 0.6 is 0 Å². The molecule has 2 aromatic carbocycles. The van der Waals surface area contributed by atoms with Crippen LogP contribution in [0.2, 0.25) is 0 Å². The van der Waals surface area contributed by atoms with Crippen molar-refractivity contribution in [1.29, 1.82) is 0 Å². The second kappa shape index (κ2) is 8.14. The van der Waals surface area contributed by atoms with Crippen molar-refractivity contribution < 1.29 is 0 Å². The minimum absolute atomic E-state index is 0.246. The summed E-state index contributed by atoms with van der Waals surface area (Å²) in [6.45, 7) is 9.81. The highest BCUT2D eigenvalue weighted by Gasteiger charge is 2.22. The van der Waals surface area contributed by atoms with Gasteiger partial charge in [0.25, 0.3) is 0 Å². The Balaban J connectivity index is 1.90. The van der Waals surface area contributed by atoms with Crippen LogP contribution in [0.1, 0.15) is 46.7 Å². The molecule has 1 N–H and O–H groups in total. The van der Waals surface area contributed by atoms with Gasteiger partial charge in [-0.1, -0.05) is 60.2 Å². The van der Waals surface area contributed by atoms with E-state index in [-0.39, 0.29) is 6.04 Å². The molecule has 0 saturated heterocycles. The van der Waals surface area contributed by atoms with Crippen molar-refractivity contribution in [3.05, 3.63) is 88.0 Å². The molecule has 0 aromatic heterocycles. The first-order valence-electron chi connectivity index (χ1n) is 9.82. The minimum atomic E-state index is 0.246. The fourth-order valence-electron chi connectivity index (χ4n) is 4.23. The molecule has 27 heavy (non-hydrogen) atoms. The summed E-state index contributed by atoms with van der Waals surface area (Å²) in [5.74, 6) is 0.369. The van der Waals surface area contributed by atoms with Gasteiger partial charge in [-0.3, -0.25) is 0 Å². The average Bonchev–Trinajstić information content (AvgIpc) is 3.05. The van der Waals surface area contributed by atoms with Crippen molar-refractivity contribution in [2.24, 2.45) is 0 Å². The number of nitrogens with zero attached hydrogens (tertiary/aromatic N) is 1. The normalized spacial score (nSPS) is 17.3. The zero-order valence-corrected chi connectivity index (χ0v) is 17.5. The van der Waals surface area contributed by atoms with Crippen molar-refractivity contribution in [1.82, 2.24) is 4.90 Å². The van der Waals surface area contributed by atoms with Crippen LogP contribution in [-0.2, 0) is 0 Å². The molecule has 3 rings (SSSR count). The molecular formula is C25H32N2. The van der Waals surface area contributed by atoms with Gasteiger partial charge in [0.2, 0.25) is 0 Å². The summed E-state index contributed by atoms with van der Waals surface area (Å²) in [6, 6.07) is 13.6. The third-order valence-electron chi connectivity index (χ3n) is 5.35. The van der Waals surface area contributed by atoms with Crippen molar-refractivity contribution in [2.45, 2.75) is 39.7 Å². The molecule has 2 unspecified atom stereocenters. The Labute approximate surface area is 164 Å². The van der Waals surface area contributed by atoms with E-state index in [1.807, 2.05) is 0 Å². The summed E-state index contributed by atoms with van der Waals surface area (Å²) >= 11 is 0. The van der Waals surface area contributed by atoms with Gasteiger partial charge in [0, 0.05) is 24.2 Å². The molecule has 0 saturated carbocycles. The molecule has 0 fully saturated rings. The average molecular weight is 361 g/mol. The Kier molecular flexibility index (Phi) is 5.86. The highest BCUT2D eigenvalue weighted by Crippen LogP contribution is 2.36. The van der Waals surface area contributed by atoms with Crippen molar-refractivity contribution in [3.63, 3.8) is 0 Å². The molecule has 1 aliphatic rings. The van der Waals surface area contributed by atoms with E-state index in [0.717, 1.165) is 6.54 Å². The Bertz CT molecular complexity index is 851. The second-order valence-electron chi connectivity index (χ2n) is 8.11. The summed E-state index contributed by atoms with van der Waals surface area (Å²) in [6.07, 6.45) is 6.80. The lowest BCUT2D eigenvalue weighted by Gasteiger charge is -2.26. The Morgan fingerprint density at radius 2 is 1.70 bits per heavy atom. The summed E-state index contributed by atoms with van der Waals surface area (Å²) in [7, 11) is 4.27. The maximum absolute atomic E-state index is 3.79. The van der Waals surface area contributed by atoms with E-state index in [1.54, 1.807) is 0 Å². The summed E-state index contributed by atoms with van der Waals surface area (Å²) in [5.41, 5.74) is 9.44. The van der Waals surface area contributed by atoms with E-state index < -0.39 is 0 Å². The Morgan fingerprint density at radius 3 is 2.37 bits per heavy atom. The summed E-state index contributed by atoms with van der Waals surface area (Å²) in [5, 5.41) is 3.79. The molecular weight excluding hydrogens is 328 g/mol. The number of hydrogen-bond acceptors (Lipinski definition) is 2. The third-order valence-corrected chi connectivity index (χ3v) is 5.35.